The molecule has 0 atom stereocenters. The van der Waals surface area contributed by atoms with Gasteiger partial charge in [0.1, 0.15) is 0 Å². The topological polar surface area (TPSA) is 85.0 Å². The molecule has 26 heavy (non-hydrogen) atoms. The van der Waals surface area contributed by atoms with Crippen molar-refractivity contribution in [2.45, 2.75) is 18.8 Å². The highest BCUT2D eigenvalue weighted by molar-refractivity contribution is 6.08. The third-order valence-electron chi connectivity index (χ3n) is 5.01. The minimum atomic E-state index is -0.192. The van der Waals surface area contributed by atoms with E-state index in [1.165, 1.54) is 5.56 Å². The lowest BCUT2D eigenvalue weighted by Gasteiger charge is -2.23. The Morgan fingerprint density at radius 1 is 1.23 bits per heavy atom. The number of nitrogen functional groups attached to an aromatic ring is 1. The van der Waals surface area contributed by atoms with Gasteiger partial charge in [-0.2, -0.15) is 5.10 Å². The number of carbonyl (C=O) groups is 1. The fourth-order valence-electron chi connectivity index (χ4n) is 3.62. The first-order valence-corrected chi connectivity index (χ1v) is 8.95. The van der Waals surface area contributed by atoms with Gasteiger partial charge in [-0.3, -0.25) is 9.48 Å². The Balaban J connectivity index is 1.53. The van der Waals surface area contributed by atoms with Crippen molar-refractivity contribution in [3.8, 4) is 0 Å². The van der Waals surface area contributed by atoms with E-state index in [0.717, 1.165) is 42.5 Å². The van der Waals surface area contributed by atoms with Crippen molar-refractivity contribution < 1.29 is 4.79 Å². The maximum atomic E-state index is 12.6. The second-order valence-electron chi connectivity index (χ2n) is 6.90. The molecular weight excluding hydrogens is 326 g/mol. The van der Waals surface area contributed by atoms with Crippen LogP contribution in [0.25, 0.3) is 10.9 Å². The number of hydrogen-bond donors (Lipinski definition) is 3. The molecule has 4 rings (SSSR count). The summed E-state index contributed by atoms with van der Waals surface area (Å²) in [4.78, 5) is 12.6. The Morgan fingerprint density at radius 2 is 2.04 bits per heavy atom. The highest BCUT2D eigenvalue weighted by Crippen LogP contribution is 2.28. The third kappa shape index (κ3) is 3.28. The fraction of sp³-hybridized carbons (Fsp3) is 0.300. The average Bonchev–Trinajstić information content (AvgIpc) is 3.01. The van der Waals surface area contributed by atoms with Crippen molar-refractivity contribution in [3.63, 3.8) is 0 Å². The molecule has 1 aromatic heterocycles. The predicted octanol–water partition coefficient (Wildman–Crippen LogP) is 2.87. The number of amides is 1. The molecule has 1 saturated heterocycles. The Labute approximate surface area is 152 Å². The number of aryl methyl sites for hydroxylation is 1. The first-order valence-electron chi connectivity index (χ1n) is 8.95. The summed E-state index contributed by atoms with van der Waals surface area (Å²) in [7, 11) is 1.88. The van der Waals surface area contributed by atoms with Crippen LogP contribution >= 0.6 is 0 Å². The van der Waals surface area contributed by atoms with Crippen LogP contribution in [0.2, 0.25) is 0 Å². The summed E-state index contributed by atoms with van der Waals surface area (Å²) in [6.45, 7) is 2.06. The number of nitrogens with zero attached hydrogens (tertiary/aromatic N) is 2. The van der Waals surface area contributed by atoms with E-state index in [2.05, 4.69) is 15.7 Å². The van der Waals surface area contributed by atoms with Gasteiger partial charge in [0.15, 0.2) is 0 Å². The molecule has 0 spiro atoms. The molecule has 1 amide bonds. The highest BCUT2D eigenvalue weighted by atomic mass is 16.1. The smallest absolute Gasteiger partial charge is 0.257 e. The molecule has 134 valence electrons. The number of nitrogens with two attached hydrogens (primary N) is 1. The van der Waals surface area contributed by atoms with E-state index in [-0.39, 0.29) is 5.91 Å². The van der Waals surface area contributed by atoms with E-state index in [0.29, 0.717) is 17.2 Å². The lowest BCUT2D eigenvalue weighted by molar-refractivity contribution is 0.102. The van der Waals surface area contributed by atoms with Crippen LogP contribution in [0.3, 0.4) is 0 Å². The van der Waals surface area contributed by atoms with Crippen molar-refractivity contribution in [2.24, 2.45) is 7.05 Å². The van der Waals surface area contributed by atoms with Crippen molar-refractivity contribution in [1.82, 2.24) is 15.1 Å². The van der Waals surface area contributed by atoms with Crippen LogP contribution in [0.4, 0.5) is 11.4 Å². The molecule has 6 heteroatoms. The maximum absolute atomic E-state index is 12.6. The van der Waals surface area contributed by atoms with E-state index >= 15 is 0 Å². The number of hydrogen-bond acceptors (Lipinski definition) is 4. The number of rotatable bonds is 3. The highest BCUT2D eigenvalue weighted by Gasteiger charge is 2.18. The summed E-state index contributed by atoms with van der Waals surface area (Å²) in [5, 5.41) is 11.6. The Morgan fingerprint density at radius 3 is 2.81 bits per heavy atom. The summed E-state index contributed by atoms with van der Waals surface area (Å²) in [5.74, 6) is 0.325. The number of nitrogens with one attached hydrogen (secondary N) is 2. The molecule has 0 aliphatic carbocycles. The van der Waals surface area contributed by atoms with Crippen LogP contribution in [-0.2, 0) is 7.05 Å². The number of fused-ring (bicyclic) bond motifs is 1. The largest absolute Gasteiger partial charge is 0.398 e. The molecular formula is C20H23N5O. The first kappa shape index (κ1) is 16.6. The zero-order chi connectivity index (χ0) is 18.1. The SMILES string of the molecule is Cn1cc2cc(NC(=O)c3ccc(C4CCNCC4)cc3N)ccc2n1. The minimum Gasteiger partial charge on any atom is -0.398 e. The van der Waals surface area contributed by atoms with E-state index in [9.17, 15) is 4.79 Å². The summed E-state index contributed by atoms with van der Waals surface area (Å²) in [5.41, 5.74) is 10.1. The quantitative estimate of drug-likeness (QED) is 0.635. The van der Waals surface area contributed by atoms with E-state index in [4.69, 9.17) is 5.73 Å². The van der Waals surface area contributed by atoms with Gasteiger partial charge in [0.25, 0.3) is 5.91 Å². The molecule has 2 heterocycles. The van der Waals surface area contributed by atoms with Crippen LogP contribution < -0.4 is 16.4 Å². The second kappa shape index (κ2) is 6.80. The molecule has 3 aromatic rings. The number of piperidine rings is 1. The van der Waals surface area contributed by atoms with Crippen molar-refractivity contribution in [2.75, 3.05) is 24.1 Å². The molecule has 1 aliphatic heterocycles. The predicted molar refractivity (Wildman–Crippen MR) is 104 cm³/mol. The van der Waals surface area contributed by atoms with Crippen molar-refractivity contribution in [3.05, 3.63) is 53.7 Å². The number of aromatic nitrogens is 2. The fourth-order valence-corrected chi connectivity index (χ4v) is 3.62. The van der Waals surface area contributed by atoms with Gasteiger partial charge in [-0.25, -0.2) is 0 Å². The van der Waals surface area contributed by atoms with Crippen LogP contribution in [0, 0.1) is 0 Å². The minimum absolute atomic E-state index is 0.192. The Bertz CT molecular complexity index is 956. The van der Waals surface area contributed by atoms with E-state index < -0.39 is 0 Å². The molecule has 6 nitrogen and oxygen atoms in total. The summed E-state index contributed by atoms with van der Waals surface area (Å²) in [6.07, 6.45) is 4.14. The number of benzene rings is 2. The van der Waals surface area contributed by atoms with E-state index in [1.807, 2.05) is 49.6 Å². The molecule has 1 fully saturated rings. The Hall–Kier alpha value is -2.86. The van der Waals surface area contributed by atoms with Gasteiger partial charge in [0.05, 0.1) is 11.1 Å². The molecule has 0 unspecified atom stereocenters. The zero-order valence-corrected chi connectivity index (χ0v) is 14.8. The zero-order valence-electron chi connectivity index (χ0n) is 14.8. The Kier molecular flexibility index (Phi) is 4.34. The summed E-state index contributed by atoms with van der Waals surface area (Å²) in [6, 6.07) is 11.5. The van der Waals surface area contributed by atoms with Gasteiger partial charge < -0.3 is 16.4 Å². The van der Waals surface area contributed by atoms with Crippen LogP contribution in [0.1, 0.15) is 34.7 Å². The van der Waals surface area contributed by atoms with Crippen LogP contribution in [0.5, 0.6) is 0 Å². The monoisotopic (exact) mass is 349 g/mol. The molecule has 1 aliphatic rings. The third-order valence-corrected chi connectivity index (χ3v) is 5.01. The normalized spacial score (nSPS) is 15.3. The lowest BCUT2D eigenvalue weighted by Crippen LogP contribution is -2.26. The summed E-state index contributed by atoms with van der Waals surface area (Å²) < 4.78 is 1.76. The van der Waals surface area contributed by atoms with Gasteiger partial charge in [-0.05, 0) is 67.7 Å². The van der Waals surface area contributed by atoms with Gasteiger partial charge >= 0.3 is 0 Å². The van der Waals surface area contributed by atoms with Crippen LogP contribution in [0.15, 0.2) is 42.6 Å². The van der Waals surface area contributed by atoms with Gasteiger partial charge in [0.2, 0.25) is 0 Å². The molecule has 4 N–H and O–H groups in total. The number of anilines is 2. The average molecular weight is 349 g/mol. The molecule has 0 bridgehead atoms. The van der Waals surface area contributed by atoms with Gasteiger partial charge in [-0.15, -0.1) is 0 Å². The second-order valence-corrected chi connectivity index (χ2v) is 6.90. The summed E-state index contributed by atoms with van der Waals surface area (Å²) >= 11 is 0. The van der Waals surface area contributed by atoms with Crippen molar-refractivity contribution >= 4 is 28.2 Å². The lowest BCUT2D eigenvalue weighted by atomic mass is 9.89. The van der Waals surface area contributed by atoms with Crippen LogP contribution in [-0.4, -0.2) is 28.8 Å². The number of carbonyl (C=O) groups excluding carboxylic acids is 1. The molecule has 2 aromatic carbocycles. The molecule has 0 radical (unpaired) electrons. The van der Waals surface area contributed by atoms with Gasteiger partial charge in [0, 0.05) is 30.0 Å². The van der Waals surface area contributed by atoms with E-state index in [1.54, 1.807) is 4.68 Å². The van der Waals surface area contributed by atoms with Crippen molar-refractivity contribution in [1.29, 1.82) is 0 Å². The first-order chi connectivity index (χ1) is 12.6. The molecule has 0 saturated carbocycles. The standard InChI is InChI=1S/C20H23N5O/c1-25-12-15-10-16(3-5-19(15)24-25)23-20(26)17-4-2-14(11-18(17)21)13-6-8-22-9-7-13/h2-5,10-13,22H,6-9,21H2,1H3,(H,23,26). The van der Waals surface area contributed by atoms with Gasteiger partial charge in [-0.1, -0.05) is 6.07 Å². The maximum Gasteiger partial charge on any atom is 0.257 e.